The van der Waals surface area contributed by atoms with Crippen LogP contribution in [0.4, 0.5) is 0 Å². The molecule has 0 radical (unpaired) electrons. The average Bonchev–Trinajstić information content (AvgIpc) is 2.49. The van der Waals surface area contributed by atoms with Crippen LogP contribution in [0.25, 0.3) is 0 Å². The Labute approximate surface area is 124 Å². The van der Waals surface area contributed by atoms with E-state index in [-0.39, 0.29) is 0 Å². The summed E-state index contributed by atoms with van der Waals surface area (Å²) in [4.78, 5) is 0. The van der Waals surface area contributed by atoms with E-state index in [0.29, 0.717) is 0 Å². The van der Waals surface area contributed by atoms with Gasteiger partial charge in [0.15, 0.2) is 0 Å². The lowest BCUT2D eigenvalue weighted by Crippen LogP contribution is -2.39. The fraction of sp³-hybridized carbons (Fsp3) is 0.684. The molecule has 0 spiro atoms. The highest BCUT2D eigenvalue weighted by Gasteiger charge is 2.34. The Morgan fingerprint density at radius 2 is 1.65 bits per heavy atom. The first kappa shape index (κ1) is 14.1. The van der Waals surface area contributed by atoms with Crippen LogP contribution in [0.15, 0.2) is 24.3 Å². The molecule has 1 saturated carbocycles. The minimum absolute atomic E-state index is 0.739. The van der Waals surface area contributed by atoms with Gasteiger partial charge >= 0.3 is 0 Å². The number of rotatable bonds is 2. The molecule has 3 rings (SSSR count). The van der Waals surface area contributed by atoms with Crippen LogP contribution in [0.5, 0.6) is 0 Å². The zero-order chi connectivity index (χ0) is 13.9. The second kappa shape index (κ2) is 6.30. The Morgan fingerprint density at radius 1 is 0.950 bits per heavy atom. The number of hydrogen-bond acceptors (Lipinski definition) is 1. The van der Waals surface area contributed by atoms with Crippen molar-refractivity contribution in [2.75, 3.05) is 13.1 Å². The molecule has 1 heterocycles. The quantitative estimate of drug-likeness (QED) is 0.834. The molecule has 1 aliphatic heterocycles. The predicted octanol–water partition coefficient (Wildman–Crippen LogP) is 4.51. The third kappa shape index (κ3) is 3.09. The molecular formula is C19H29N. The SMILES string of the molecule is Cc1ccc(C2CNCCC2C2CCC(C)CC2)cc1. The fourth-order valence-electron chi connectivity index (χ4n) is 4.34. The Bertz CT molecular complexity index is 414. The predicted molar refractivity (Wildman–Crippen MR) is 86.0 cm³/mol. The highest BCUT2D eigenvalue weighted by molar-refractivity contribution is 5.26. The van der Waals surface area contributed by atoms with Crippen molar-refractivity contribution in [2.45, 2.75) is 51.9 Å². The van der Waals surface area contributed by atoms with Crippen LogP contribution in [-0.2, 0) is 0 Å². The molecule has 1 heteroatoms. The molecular weight excluding hydrogens is 242 g/mol. The Kier molecular flexibility index (Phi) is 4.45. The summed E-state index contributed by atoms with van der Waals surface area (Å²) in [5.41, 5.74) is 2.94. The summed E-state index contributed by atoms with van der Waals surface area (Å²) < 4.78 is 0. The molecule has 1 aromatic rings. The highest BCUT2D eigenvalue weighted by Crippen LogP contribution is 2.42. The van der Waals surface area contributed by atoms with Gasteiger partial charge in [-0.3, -0.25) is 0 Å². The van der Waals surface area contributed by atoms with Gasteiger partial charge in [0.1, 0.15) is 0 Å². The first-order valence-electron chi connectivity index (χ1n) is 8.51. The lowest BCUT2D eigenvalue weighted by atomic mass is 9.68. The van der Waals surface area contributed by atoms with Crippen molar-refractivity contribution in [1.29, 1.82) is 0 Å². The maximum atomic E-state index is 3.63. The Balaban J connectivity index is 1.75. The molecule has 1 aromatic carbocycles. The van der Waals surface area contributed by atoms with E-state index in [0.717, 1.165) is 23.7 Å². The molecule has 20 heavy (non-hydrogen) atoms. The number of piperidine rings is 1. The van der Waals surface area contributed by atoms with Gasteiger partial charge in [-0.2, -0.15) is 0 Å². The van der Waals surface area contributed by atoms with E-state index in [1.807, 2.05) is 0 Å². The lowest BCUT2D eigenvalue weighted by molar-refractivity contribution is 0.158. The average molecular weight is 271 g/mol. The van der Waals surface area contributed by atoms with Crippen molar-refractivity contribution in [3.63, 3.8) is 0 Å². The highest BCUT2D eigenvalue weighted by atomic mass is 14.9. The third-order valence-electron chi connectivity index (χ3n) is 5.71. The number of aryl methyl sites for hydroxylation is 1. The molecule has 0 bridgehead atoms. The van der Waals surface area contributed by atoms with E-state index >= 15 is 0 Å². The summed E-state index contributed by atoms with van der Waals surface area (Å²) >= 11 is 0. The van der Waals surface area contributed by atoms with Crippen LogP contribution < -0.4 is 5.32 Å². The summed E-state index contributed by atoms with van der Waals surface area (Å²) in [7, 11) is 0. The van der Waals surface area contributed by atoms with Crippen molar-refractivity contribution in [2.24, 2.45) is 17.8 Å². The summed E-state index contributed by atoms with van der Waals surface area (Å²) in [5, 5.41) is 3.63. The fourth-order valence-corrected chi connectivity index (χ4v) is 4.34. The van der Waals surface area contributed by atoms with E-state index in [9.17, 15) is 0 Å². The van der Waals surface area contributed by atoms with Crippen molar-refractivity contribution in [3.05, 3.63) is 35.4 Å². The monoisotopic (exact) mass is 271 g/mol. The minimum atomic E-state index is 0.739. The zero-order valence-electron chi connectivity index (χ0n) is 13.1. The van der Waals surface area contributed by atoms with E-state index < -0.39 is 0 Å². The molecule has 2 fully saturated rings. The zero-order valence-corrected chi connectivity index (χ0v) is 13.1. The second-order valence-corrected chi connectivity index (χ2v) is 7.19. The largest absolute Gasteiger partial charge is 0.316 e. The van der Waals surface area contributed by atoms with Crippen LogP contribution >= 0.6 is 0 Å². The van der Waals surface area contributed by atoms with E-state index in [4.69, 9.17) is 0 Å². The number of nitrogens with one attached hydrogen (secondary N) is 1. The molecule has 1 aliphatic carbocycles. The van der Waals surface area contributed by atoms with Gasteiger partial charge < -0.3 is 5.32 Å². The summed E-state index contributed by atoms with van der Waals surface area (Å²) in [5.74, 6) is 3.58. The van der Waals surface area contributed by atoms with Gasteiger partial charge in [-0.05, 0) is 62.0 Å². The summed E-state index contributed by atoms with van der Waals surface area (Å²) in [6.45, 7) is 7.01. The summed E-state index contributed by atoms with van der Waals surface area (Å²) in [6, 6.07) is 9.30. The van der Waals surface area contributed by atoms with Crippen molar-refractivity contribution < 1.29 is 0 Å². The molecule has 1 saturated heterocycles. The number of benzene rings is 1. The van der Waals surface area contributed by atoms with Gasteiger partial charge in [0, 0.05) is 6.54 Å². The van der Waals surface area contributed by atoms with Gasteiger partial charge in [0.2, 0.25) is 0 Å². The molecule has 1 N–H and O–H groups in total. The normalized spacial score (nSPS) is 34.9. The van der Waals surface area contributed by atoms with E-state index in [1.54, 1.807) is 5.56 Å². The lowest BCUT2D eigenvalue weighted by Gasteiger charge is -2.40. The van der Waals surface area contributed by atoms with Crippen molar-refractivity contribution in [1.82, 2.24) is 5.32 Å². The smallest absolute Gasteiger partial charge is 0.00229 e. The van der Waals surface area contributed by atoms with E-state index in [2.05, 4.69) is 43.4 Å². The van der Waals surface area contributed by atoms with Crippen LogP contribution in [0.1, 0.15) is 56.1 Å². The maximum absolute atomic E-state index is 3.63. The molecule has 0 aromatic heterocycles. The number of hydrogen-bond donors (Lipinski definition) is 1. The van der Waals surface area contributed by atoms with Crippen molar-refractivity contribution >= 4 is 0 Å². The van der Waals surface area contributed by atoms with Crippen LogP contribution in [0.3, 0.4) is 0 Å². The van der Waals surface area contributed by atoms with Gasteiger partial charge in [0.25, 0.3) is 0 Å². The maximum Gasteiger partial charge on any atom is 0.00229 e. The van der Waals surface area contributed by atoms with Crippen LogP contribution in [0.2, 0.25) is 0 Å². The van der Waals surface area contributed by atoms with Gasteiger partial charge in [-0.25, -0.2) is 0 Å². The first-order chi connectivity index (χ1) is 9.74. The van der Waals surface area contributed by atoms with Crippen LogP contribution in [0, 0.1) is 24.7 Å². The van der Waals surface area contributed by atoms with Crippen molar-refractivity contribution in [3.8, 4) is 0 Å². The second-order valence-electron chi connectivity index (χ2n) is 7.19. The third-order valence-corrected chi connectivity index (χ3v) is 5.71. The van der Waals surface area contributed by atoms with Gasteiger partial charge in [-0.1, -0.05) is 49.6 Å². The molecule has 110 valence electrons. The van der Waals surface area contributed by atoms with E-state index in [1.165, 1.54) is 50.8 Å². The van der Waals surface area contributed by atoms with Crippen LogP contribution in [-0.4, -0.2) is 13.1 Å². The minimum Gasteiger partial charge on any atom is -0.316 e. The Morgan fingerprint density at radius 3 is 2.35 bits per heavy atom. The first-order valence-corrected chi connectivity index (χ1v) is 8.51. The molecule has 2 atom stereocenters. The molecule has 1 nitrogen and oxygen atoms in total. The molecule has 0 amide bonds. The van der Waals surface area contributed by atoms with Gasteiger partial charge in [-0.15, -0.1) is 0 Å². The topological polar surface area (TPSA) is 12.0 Å². The summed E-state index contributed by atoms with van der Waals surface area (Å²) in [6.07, 6.45) is 7.21. The Hall–Kier alpha value is -0.820. The standard InChI is InChI=1S/C19H29N/c1-14-3-7-16(8-4-14)18-11-12-20-13-19(18)17-9-5-15(2)6-10-17/h5-6,9-10,14,16,18-20H,3-4,7-8,11-13H2,1-2H3. The molecule has 2 unspecified atom stereocenters. The molecule has 2 aliphatic rings. The van der Waals surface area contributed by atoms with Gasteiger partial charge in [0.05, 0.1) is 0 Å².